The molecule has 2 aliphatic heterocycles. The second-order valence-electron chi connectivity index (χ2n) is 10.4. The lowest BCUT2D eigenvalue weighted by Gasteiger charge is -2.41. The van der Waals surface area contributed by atoms with Crippen LogP contribution in [0.3, 0.4) is 0 Å². The van der Waals surface area contributed by atoms with Gasteiger partial charge < -0.3 is 24.7 Å². The average molecular weight is 491 g/mol. The number of fused-ring (bicyclic) bond motifs is 1. The molecule has 6 rings (SSSR count). The topological polar surface area (TPSA) is 98.7 Å². The maximum atomic E-state index is 12.1. The molecule has 1 aliphatic carbocycles. The van der Waals surface area contributed by atoms with Crippen molar-refractivity contribution in [3.05, 3.63) is 36.8 Å². The molecule has 0 bridgehead atoms. The third kappa shape index (κ3) is 4.53. The van der Waals surface area contributed by atoms with Gasteiger partial charge in [0.05, 0.1) is 18.0 Å². The third-order valence-corrected chi connectivity index (χ3v) is 7.90. The number of nitrogen functional groups attached to an aromatic ring is 1. The van der Waals surface area contributed by atoms with Crippen LogP contribution in [0.5, 0.6) is 5.75 Å². The van der Waals surface area contributed by atoms with Crippen molar-refractivity contribution >= 4 is 22.8 Å². The quantitative estimate of drug-likeness (QED) is 0.544. The zero-order valence-electron chi connectivity index (χ0n) is 20.8. The van der Waals surface area contributed by atoms with Crippen LogP contribution in [-0.4, -0.2) is 82.8 Å². The van der Waals surface area contributed by atoms with E-state index in [1.807, 2.05) is 24.1 Å². The van der Waals surface area contributed by atoms with Crippen LogP contribution in [0, 0.1) is 5.92 Å². The van der Waals surface area contributed by atoms with E-state index >= 15 is 0 Å². The van der Waals surface area contributed by atoms with E-state index in [0.717, 1.165) is 79.8 Å². The number of nitrogens with zero attached hydrogens (tertiary/aromatic N) is 5. The molecule has 2 saturated heterocycles. The van der Waals surface area contributed by atoms with Gasteiger partial charge in [-0.05, 0) is 49.3 Å². The highest BCUT2D eigenvalue weighted by molar-refractivity contribution is 6.00. The van der Waals surface area contributed by atoms with Crippen molar-refractivity contribution in [1.82, 2.24) is 24.3 Å². The maximum Gasteiger partial charge on any atom is 0.236 e. The lowest BCUT2D eigenvalue weighted by Crippen LogP contribution is -2.50. The number of hydrogen-bond donors (Lipinski definition) is 1. The Labute approximate surface area is 211 Å². The van der Waals surface area contributed by atoms with E-state index in [0.29, 0.717) is 30.9 Å². The van der Waals surface area contributed by atoms with E-state index in [4.69, 9.17) is 15.2 Å². The molecular formula is C27H34N6O3. The van der Waals surface area contributed by atoms with Gasteiger partial charge in [-0.15, -0.1) is 0 Å². The van der Waals surface area contributed by atoms with Gasteiger partial charge in [0.25, 0.3) is 0 Å². The van der Waals surface area contributed by atoms with Gasteiger partial charge >= 0.3 is 0 Å². The molecule has 3 aliphatic rings. The van der Waals surface area contributed by atoms with Gasteiger partial charge in [0, 0.05) is 51.1 Å². The molecule has 190 valence electrons. The lowest BCUT2D eigenvalue weighted by atomic mass is 9.79. The van der Waals surface area contributed by atoms with E-state index in [-0.39, 0.29) is 12.0 Å². The number of amides is 1. The molecule has 0 spiro atoms. The third-order valence-electron chi connectivity index (χ3n) is 7.90. The van der Waals surface area contributed by atoms with Crippen LogP contribution < -0.4 is 10.5 Å². The van der Waals surface area contributed by atoms with Crippen LogP contribution in [0.4, 0.5) is 5.82 Å². The summed E-state index contributed by atoms with van der Waals surface area (Å²) < 4.78 is 14.0. The molecule has 9 heteroatoms. The molecule has 9 nitrogen and oxygen atoms in total. The minimum Gasteiger partial charge on any atom is -0.491 e. The second kappa shape index (κ2) is 9.71. The predicted octanol–water partition coefficient (Wildman–Crippen LogP) is 2.96. The summed E-state index contributed by atoms with van der Waals surface area (Å²) in [5.41, 5.74) is 9.31. The smallest absolute Gasteiger partial charge is 0.236 e. The highest BCUT2D eigenvalue weighted by Crippen LogP contribution is 2.43. The van der Waals surface area contributed by atoms with Crippen molar-refractivity contribution in [2.24, 2.45) is 5.92 Å². The number of carbonyl (C=O) groups is 1. The molecule has 2 N–H and O–H groups in total. The van der Waals surface area contributed by atoms with Crippen molar-refractivity contribution in [3.8, 4) is 16.9 Å². The second-order valence-corrected chi connectivity index (χ2v) is 10.4. The molecular weight excluding hydrogens is 456 g/mol. The predicted molar refractivity (Wildman–Crippen MR) is 138 cm³/mol. The monoisotopic (exact) mass is 490 g/mol. The van der Waals surface area contributed by atoms with E-state index in [1.54, 1.807) is 6.33 Å². The average Bonchev–Trinajstić information content (AvgIpc) is 3.51. The highest BCUT2D eigenvalue weighted by atomic mass is 16.5. The van der Waals surface area contributed by atoms with Gasteiger partial charge in [0.15, 0.2) is 0 Å². The zero-order valence-corrected chi connectivity index (χ0v) is 20.8. The first-order valence-electron chi connectivity index (χ1n) is 13.0. The van der Waals surface area contributed by atoms with Gasteiger partial charge in [-0.25, -0.2) is 9.97 Å². The minimum absolute atomic E-state index is 0.176. The summed E-state index contributed by atoms with van der Waals surface area (Å²) in [6.45, 7) is 4.66. The number of anilines is 1. The van der Waals surface area contributed by atoms with E-state index in [9.17, 15) is 4.79 Å². The first-order valence-corrected chi connectivity index (χ1v) is 13.0. The van der Waals surface area contributed by atoms with Crippen LogP contribution in [0.2, 0.25) is 0 Å². The summed E-state index contributed by atoms with van der Waals surface area (Å²) >= 11 is 0. The number of rotatable bonds is 7. The van der Waals surface area contributed by atoms with Crippen molar-refractivity contribution in [2.45, 2.75) is 37.8 Å². The van der Waals surface area contributed by atoms with Crippen molar-refractivity contribution in [3.63, 3.8) is 0 Å². The van der Waals surface area contributed by atoms with E-state index < -0.39 is 0 Å². The zero-order chi connectivity index (χ0) is 24.6. The Balaban J connectivity index is 1.19. The van der Waals surface area contributed by atoms with Crippen LogP contribution >= 0.6 is 0 Å². The molecule has 4 heterocycles. The number of carbonyl (C=O) groups excluding carboxylic acids is 1. The molecule has 0 unspecified atom stereocenters. The summed E-state index contributed by atoms with van der Waals surface area (Å²) in [5, 5.41) is 0.891. The fraction of sp³-hybridized carbons (Fsp3) is 0.519. The SMILES string of the molecule is CN1CCN(C[C@H]2C[C@@H](n3cc(-c4cccc(OC[C@@H]5CCCO5)c4)c4c(N)ncnc43)C2)CC1=O. The molecule has 1 aromatic carbocycles. The summed E-state index contributed by atoms with van der Waals surface area (Å²) in [6.07, 6.45) is 8.18. The number of hydrogen-bond acceptors (Lipinski definition) is 7. The molecule has 1 atom stereocenters. The standard InChI is InChI=1S/C27H34N6O3/c1-31-7-8-32(15-24(31)34)13-18-10-20(11-18)33-14-23(25-26(28)29-17-30-27(25)33)19-4-2-5-21(12-19)36-16-22-6-3-9-35-22/h2,4-5,12,14,17-18,20,22H,3,6-11,13,15-16H2,1H3,(H2,28,29,30)/t18-,20+,22-/m0/s1. The van der Waals surface area contributed by atoms with Crippen LogP contribution in [0.25, 0.3) is 22.2 Å². The van der Waals surface area contributed by atoms with Crippen molar-refractivity contribution in [2.75, 3.05) is 52.2 Å². The van der Waals surface area contributed by atoms with Crippen molar-refractivity contribution < 1.29 is 14.3 Å². The number of aromatic nitrogens is 3. The Kier molecular flexibility index (Phi) is 6.27. The Bertz CT molecular complexity index is 1250. The normalized spacial score (nSPS) is 24.9. The highest BCUT2D eigenvalue weighted by Gasteiger charge is 2.35. The van der Waals surface area contributed by atoms with Gasteiger partial charge in [-0.2, -0.15) is 0 Å². The molecule has 1 amide bonds. The molecule has 36 heavy (non-hydrogen) atoms. The fourth-order valence-electron chi connectivity index (χ4n) is 5.73. The van der Waals surface area contributed by atoms with Gasteiger partial charge in [0.1, 0.15) is 30.1 Å². The Morgan fingerprint density at radius 1 is 1.22 bits per heavy atom. The lowest BCUT2D eigenvalue weighted by molar-refractivity contribution is -0.134. The number of likely N-dealkylation sites (N-methyl/N-ethyl adjacent to an activating group) is 1. The summed E-state index contributed by atoms with van der Waals surface area (Å²) in [5.74, 6) is 2.11. The summed E-state index contributed by atoms with van der Waals surface area (Å²) in [4.78, 5) is 25.1. The molecule has 1 saturated carbocycles. The number of piperazine rings is 1. The largest absolute Gasteiger partial charge is 0.491 e. The summed E-state index contributed by atoms with van der Waals surface area (Å²) in [7, 11) is 1.88. The number of nitrogens with two attached hydrogens (primary N) is 1. The number of ether oxygens (including phenoxy) is 2. The van der Waals surface area contributed by atoms with Gasteiger partial charge in [-0.3, -0.25) is 9.69 Å². The Morgan fingerprint density at radius 3 is 2.92 bits per heavy atom. The first kappa shape index (κ1) is 23.2. The maximum absolute atomic E-state index is 12.1. The van der Waals surface area contributed by atoms with Crippen molar-refractivity contribution in [1.29, 1.82) is 0 Å². The molecule has 2 aromatic heterocycles. The van der Waals surface area contributed by atoms with Gasteiger partial charge in [-0.1, -0.05) is 12.1 Å². The fourth-order valence-corrected chi connectivity index (χ4v) is 5.73. The molecule has 3 fully saturated rings. The van der Waals surface area contributed by atoms with Gasteiger partial charge in [0.2, 0.25) is 5.91 Å². The van der Waals surface area contributed by atoms with Crippen LogP contribution in [0.1, 0.15) is 31.7 Å². The van der Waals surface area contributed by atoms with Crippen LogP contribution in [-0.2, 0) is 9.53 Å². The van der Waals surface area contributed by atoms with E-state index in [1.165, 1.54) is 0 Å². The summed E-state index contributed by atoms with van der Waals surface area (Å²) in [6, 6.07) is 8.51. The van der Waals surface area contributed by atoms with E-state index in [2.05, 4.69) is 37.8 Å². The van der Waals surface area contributed by atoms with Crippen LogP contribution in [0.15, 0.2) is 36.8 Å². The first-order chi connectivity index (χ1) is 17.5. The molecule has 3 aromatic rings. The Hall–Kier alpha value is -3.17. The minimum atomic E-state index is 0.176. The number of benzene rings is 1. The Morgan fingerprint density at radius 2 is 2.11 bits per heavy atom. The molecule has 0 radical (unpaired) electrons.